The number of aromatic nitrogens is 8. The van der Waals surface area contributed by atoms with E-state index in [0.29, 0.717) is 34.8 Å². The first kappa shape index (κ1) is 28.0. The van der Waals surface area contributed by atoms with Crippen molar-refractivity contribution < 1.29 is 0 Å². The minimum atomic E-state index is -0.371. The van der Waals surface area contributed by atoms with Crippen molar-refractivity contribution >= 4 is 38.3 Å². The molecule has 1 N–H and O–H groups in total. The fourth-order valence-corrected chi connectivity index (χ4v) is 3.20. The molecule has 0 saturated heterocycles. The van der Waals surface area contributed by atoms with Gasteiger partial charge in [-0.2, -0.15) is 0 Å². The third kappa shape index (κ3) is 5.89. The fraction of sp³-hybridized carbons (Fsp3) is 0.545. The summed E-state index contributed by atoms with van der Waals surface area (Å²) in [7, 11) is 6.11. The smallest absolute Gasteiger partial charge is 0.332 e. The van der Waals surface area contributed by atoms with Crippen LogP contribution in [-0.2, 0) is 34.7 Å². The van der Waals surface area contributed by atoms with Crippen LogP contribution in [0.2, 0.25) is 0 Å². The maximum Gasteiger partial charge on any atom is 0.332 e. The van der Waals surface area contributed by atoms with E-state index in [2.05, 4.69) is 58.6 Å². The molecule has 35 heavy (non-hydrogen) atoms. The Balaban J connectivity index is 0.000000212. The monoisotopic (exact) mass is 552 g/mol. The van der Waals surface area contributed by atoms with Crippen molar-refractivity contribution in [1.82, 2.24) is 37.8 Å². The number of aryl methyl sites for hydroxylation is 2. The van der Waals surface area contributed by atoms with Gasteiger partial charge in [0.25, 0.3) is 11.1 Å². The van der Waals surface area contributed by atoms with Crippen LogP contribution in [0.25, 0.3) is 22.3 Å². The molecule has 0 bridgehead atoms. The summed E-state index contributed by atoms with van der Waals surface area (Å²) in [5.41, 5.74) is 0.304. The number of alkyl halides is 1. The molecule has 0 saturated carbocycles. The largest absolute Gasteiger partial charge is 0.339 e. The van der Waals surface area contributed by atoms with E-state index in [-0.39, 0.29) is 22.5 Å². The number of aromatic amines is 1. The van der Waals surface area contributed by atoms with Crippen LogP contribution in [-0.4, -0.2) is 43.1 Å². The van der Waals surface area contributed by atoms with E-state index in [9.17, 15) is 19.2 Å². The number of fused-ring (bicyclic) bond motifs is 2. The normalized spacial score (nSPS) is 11.1. The Kier molecular flexibility index (Phi) is 9.18. The molecular formula is C22H33BrN8O4. The molecule has 4 aromatic rings. The van der Waals surface area contributed by atoms with Crippen LogP contribution in [0.3, 0.4) is 0 Å². The number of imidazole rings is 2. The molecule has 192 valence electrons. The lowest BCUT2D eigenvalue weighted by Gasteiger charge is -2.08. The van der Waals surface area contributed by atoms with Gasteiger partial charge in [-0.05, 0) is 11.8 Å². The van der Waals surface area contributed by atoms with Gasteiger partial charge in [-0.3, -0.25) is 27.9 Å². The number of nitrogens with one attached hydrogen (secondary N) is 1. The SMILES string of the molecule is CC(C)CBr.CC(C)Cn1cnc2c1c(=O)n(C)c(=O)n2C.Cn1c(=O)c2[nH]cnc2n(C)c1=O. The van der Waals surface area contributed by atoms with Crippen LogP contribution >= 0.6 is 15.9 Å². The van der Waals surface area contributed by atoms with Crippen LogP contribution in [0.4, 0.5) is 0 Å². The molecule has 0 aliphatic carbocycles. The van der Waals surface area contributed by atoms with Gasteiger partial charge in [0.2, 0.25) is 0 Å². The van der Waals surface area contributed by atoms with Gasteiger partial charge in [0.15, 0.2) is 16.8 Å². The van der Waals surface area contributed by atoms with Gasteiger partial charge in [0.05, 0.1) is 12.7 Å². The second kappa shape index (κ2) is 11.5. The van der Waals surface area contributed by atoms with Crippen LogP contribution in [0.15, 0.2) is 31.8 Å². The molecule has 12 nitrogen and oxygen atoms in total. The van der Waals surface area contributed by atoms with Gasteiger partial charge >= 0.3 is 11.4 Å². The van der Waals surface area contributed by atoms with Crippen molar-refractivity contribution in [3.63, 3.8) is 0 Å². The van der Waals surface area contributed by atoms with E-state index < -0.39 is 0 Å². The lowest BCUT2D eigenvalue weighted by molar-refractivity contribution is 0.530. The highest BCUT2D eigenvalue weighted by atomic mass is 79.9. The number of nitrogens with zero attached hydrogens (tertiary/aromatic N) is 7. The molecule has 0 fully saturated rings. The molecule has 4 rings (SSSR count). The second-order valence-electron chi connectivity index (χ2n) is 9.02. The highest BCUT2D eigenvalue weighted by molar-refractivity contribution is 9.09. The molecule has 0 aliphatic heterocycles. The predicted octanol–water partition coefficient (Wildman–Crippen LogP) is 1.09. The molecule has 0 unspecified atom stereocenters. The van der Waals surface area contributed by atoms with E-state index >= 15 is 0 Å². The Labute approximate surface area is 210 Å². The van der Waals surface area contributed by atoms with E-state index in [1.807, 2.05) is 4.57 Å². The summed E-state index contributed by atoms with van der Waals surface area (Å²) in [5.74, 6) is 1.21. The minimum Gasteiger partial charge on any atom is -0.339 e. The number of hydrogen-bond donors (Lipinski definition) is 1. The third-order valence-electron chi connectivity index (χ3n) is 5.12. The van der Waals surface area contributed by atoms with Crippen molar-refractivity contribution in [3.05, 3.63) is 54.3 Å². The summed E-state index contributed by atoms with van der Waals surface area (Å²) in [6.45, 7) is 9.20. The first-order valence-electron chi connectivity index (χ1n) is 11.1. The molecule has 13 heteroatoms. The number of H-pyrrole nitrogens is 1. The zero-order valence-corrected chi connectivity index (χ0v) is 23.0. The zero-order chi connectivity index (χ0) is 26.6. The number of hydrogen-bond acceptors (Lipinski definition) is 6. The van der Waals surface area contributed by atoms with Crippen LogP contribution in [0, 0.1) is 11.8 Å². The lowest BCUT2D eigenvalue weighted by Crippen LogP contribution is -2.37. The molecule has 0 spiro atoms. The maximum atomic E-state index is 12.1. The van der Waals surface area contributed by atoms with Gasteiger partial charge in [0, 0.05) is 40.1 Å². The molecule has 0 amide bonds. The highest BCUT2D eigenvalue weighted by Gasteiger charge is 2.14. The van der Waals surface area contributed by atoms with Crippen molar-refractivity contribution in [2.24, 2.45) is 40.0 Å². The van der Waals surface area contributed by atoms with Crippen molar-refractivity contribution in [2.45, 2.75) is 34.2 Å². The van der Waals surface area contributed by atoms with Gasteiger partial charge in [-0.25, -0.2) is 19.6 Å². The van der Waals surface area contributed by atoms with Crippen molar-refractivity contribution in [3.8, 4) is 0 Å². The summed E-state index contributed by atoms with van der Waals surface area (Å²) in [6.07, 6.45) is 3.01. The number of halogens is 1. The van der Waals surface area contributed by atoms with E-state index in [0.717, 1.165) is 20.4 Å². The Morgan fingerprint density at radius 1 is 0.800 bits per heavy atom. The lowest BCUT2D eigenvalue weighted by atomic mass is 10.2. The second-order valence-corrected chi connectivity index (χ2v) is 9.67. The van der Waals surface area contributed by atoms with Gasteiger partial charge < -0.3 is 9.55 Å². The Morgan fingerprint density at radius 3 is 1.83 bits per heavy atom. The van der Waals surface area contributed by atoms with Gasteiger partial charge in [-0.15, -0.1) is 0 Å². The molecule has 0 atom stereocenters. The topological polar surface area (TPSA) is 134 Å². The van der Waals surface area contributed by atoms with E-state index in [1.165, 1.54) is 29.6 Å². The summed E-state index contributed by atoms with van der Waals surface area (Å²) in [4.78, 5) is 57.3. The fourth-order valence-electron chi connectivity index (χ4n) is 3.20. The standard InChI is InChI=1S/C11H16N4O2.C7H8N4O2.C4H9Br/c1-7(2)5-15-6-12-9-8(15)10(16)14(4)11(17)13(9)3;1-10-5-4(8-3-9-5)6(12)11(2)7(10)13;1-4(2)3-5/h6-7H,5H2,1-4H3;3H,1-2H3,(H,8,9);4H,3H2,1-2H3. The molecule has 0 aromatic carbocycles. The summed E-state index contributed by atoms with van der Waals surface area (Å²) in [6, 6.07) is 0. The summed E-state index contributed by atoms with van der Waals surface area (Å²) in [5, 5.41) is 1.12. The summed E-state index contributed by atoms with van der Waals surface area (Å²) >= 11 is 3.31. The van der Waals surface area contributed by atoms with Crippen LogP contribution in [0.1, 0.15) is 27.7 Å². The minimum absolute atomic E-state index is 0.291. The van der Waals surface area contributed by atoms with Crippen molar-refractivity contribution in [1.29, 1.82) is 0 Å². The van der Waals surface area contributed by atoms with Gasteiger partial charge in [0.1, 0.15) is 5.52 Å². The molecule has 0 radical (unpaired) electrons. The highest BCUT2D eigenvalue weighted by Crippen LogP contribution is 2.08. The number of rotatable bonds is 3. The maximum absolute atomic E-state index is 12.1. The molecule has 0 aliphatic rings. The Hall–Kier alpha value is -3.22. The van der Waals surface area contributed by atoms with Gasteiger partial charge in [-0.1, -0.05) is 43.6 Å². The quantitative estimate of drug-likeness (QED) is 0.378. The summed E-state index contributed by atoms with van der Waals surface area (Å²) < 4.78 is 6.68. The zero-order valence-electron chi connectivity index (χ0n) is 21.4. The Bertz CT molecular complexity index is 1550. The van der Waals surface area contributed by atoms with E-state index in [4.69, 9.17) is 0 Å². The van der Waals surface area contributed by atoms with Crippen LogP contribution in [0.5, 0.6) is 0 Å². The van der Waals surface area contributed by atoms with E-state index in [1.54, 1.807) is 20.4 Å². The third-order valence-corrected chi connectivity index (χ3v) is 6.41. The predicted molar refractivity (Wildman–Crippen MR) is 140 cm³/mol. The van der Waals surface area contributed by atoms with Crippen molar-refractivity contribution in [2.75, 3.05) is 5.33 Å². The molecular weight excluding hydrogens is 520 g/mol. The average molecular weight is 553 g/mol. The average Bonchev–Trinajstić information content (AvgIpc) is 3.47. The van der Waals surface area contributed by atoms with Crippen LogP contribution < -0.4 is 22.5 Å². The molecule has 4 heterocycles. The first-order valence-corrected chi connectivity index (χ1v) is 12.2. The first-order chi connectivity index (χ1) is 16.3. The Morgan fingerprint density at radius 2 is 1.31 bits per heavy atom. The molecule has 4 aromatic heterocycles.